The van der Waals surface area contributed by atoms with Crippen molar-refractivity contribution in [2.45, 2.75) is 64.3 Å². The first kappa shape index (κ1) is 20.1. The summed E-state index contributed by atoms with van der Waals surface area (Å²) < 4.78 is 29.7. The van der Waals surface area contributed by atoms with Gasteiger partial charge in [-0.3, -0.25) is 0 Å². The Morgan fingerprint density at radius 1 is 1.26 bits per heavy atom. The van der Waals surface area contributed by atoms with Crippen LogP contribution in [0, 0.1) is 6.92 Å². The third-order valence-electron chi connectivity index (χ3n) is 5.38. The quantitative estimate of drug-likeness (QED) is 0.602. The highest BCUT2D eigenvalue weighted by Gasteiger charge is 2.54. The molecule has 4 heterocycles. The molecular weight excluding hydrogens is 406 g/mol. The predicted molar refractivity (Wildman–Crippen MR) is 106 cm³/mol. The van der Waals surface area contributed by atoms with Crippen molar-refractivity contribution in [1.29, 1.82) is 0 Å². The summed E-state index contributed by atoms with van der Waals surface area (Å²) in [5.74, 6) is -0.224. The SMILES string of the molecule is Cc1cc(=O)oc2cc(OCc3cn(C[C@H]4O[C@@H]5OC(C)(C)O[C@@H]5[C@H]4O)nn3)ccc12. The van der Waals surface area contributed by atoms with Gasteiger partial charge in [-0.05, 0) is 38.5 Å². The molecule has 0 radical (unpaired) electrons. The van der Waals surface area contributed by atoms with Crippen molar-refractivity contribution in [2.75, 3.05) is 0 Å². The van der Waals surface area contributed by atoms with Crippen LogP contribution < -0.4 is 10.4 Å². The zero-order valence-electron chi connectivity index (χ0n) is 17.3. The number of aromatic nitrogens is 3. The van der Waals surface area contributed by atoms with Crippen LogP contribution in [0.3, 0.4) is 0 Å². The van der Waals surface area contributed by atoms with Crippen LogP contribution in [-0.2, 0) is 27.4 Å². The van der Waals surface area contributed by atoms with Crippen LogP contribution in [-0.4, -0.2) is 50.5 Å². The smallest absolute Gasteiger partial charge is 0.336 e. The van der Waals surface area contributed by atoms with Crippen molar-refractivity contribution in [3.8, 4) is 5.75 Å². The fourth-order valence-electron chi connectivity index (χ4n) is 3.94. The molecule has 4 atom stereocenters. The maximum absolute atomic E-state index is 11.6. The van der Waals surface area contributed by atoms with Crippen molar-refractivity contribution < 1.29 is 28.5 Å². The Balaban J connectivity index is 1.21. The van der Waals surface area contributed by atoms with Crippen LogP contribution in [0.25, 0.3) is 11.0 Å². The summed E-state index contributed by atoms with van der Waals surface area (Å²) in [4.78, 5) is 11.6. The van der Waals surface area contributed by atoms with Crippen molar-refractivity contribution in [1.82, 2.24) is 15.0 Å². The Labute approximate surface area is 177 Å². The molecule has 0 bridgehead atoms. The minimum Gasteiger partial charge on any atom is -0.487 e. The standard InChI is InChI=1S/C21H23N3O7/c1-11-6-17(25)28-15-7-13(4-5-14(11)15)27-10-12-8-24(23-22-12)9-16-18(26)19-20(29-16)31-21(2,3)30-19/h4-8,16,18-20,26H,9-10H2,1-3H3/t16-,18+,19-,20-/m1/s1. The molecule has 164 valence electrons. The third kappa shape index (κ3) is 3.94. The molecule has 10 nitrogen and oxygen atoms in total. The van der Waals surface area contributed by atoms with Gasteiger partial charge in [0.15, 0.2) is 12.1 Å². The molecule has 0 amide bonds. The minimum absolute atomic E-state index is 0.182. The lowest BCUT2D eigenvalue weighted by atomic mass is 10.1. The molecule has 5 rings (SSSR count). The summed E-state index contributed by atoms with van der Waals surface area (Å²) in [6.45, 7) is 5.90. The molecule has 2 aliphatic heterocycles. The number of nitrogens with zero attached hydrogens (tertiary/aromatic N) is 3. The molecule has 2 fully saturated rings. The summed E-state index contributed by atoms with van der Waals surface area (Å²) in [7, 11) is 0. The highest BCUT2D eigenvalue weighted by molar-refractivity contribution is 5.81. The first-order chi connectivity index (χ1) is 14.8. The lowest BCUT2D eigenvalue weighted by Crippen LogP contribution is -2.36. The van der Waals surface area contributed by atoms with Crippen molar-refractivity contribution in [3.05, 3.63) is 52.1 Å². The van der Waals surface area contributed by atoms with Crippen molar-refractivity contribution in [3.63, 3.8) is 0 Å². The van der Waals surface area contributed by atoms with Gasteiger partial charge in [0.1, 0.15) is 41.9 Å². The third-order valence-corrected chi connectivity index (χ3v) is 5.38. The highest BCUT2D eigenvalue weighted by Crippen LogP contribution is 2.37. The number of aliphatic hydroxyl groups excluding tert-OH is 1. The number of aryl methyl sites for hydroxylation is 1. The van der Waals surface area contributed by atoms with Crippen LogP contribution in [0.2, 0.25) is 0 Å². The first-order valence-electron chi connectivity index (χ1n) is 10.0. The zero-order chi connectivity index (χ0) is 21.8. The average Bonchev–Trinajstić information content (AvgIpc) is 3.35. The minimum atomic E-state index is -0.827. The average molecular weight is 429 g/mol. The molecule has 1 aromatic carbocycles. The summed E-state index contributed by atoms with van der Waals surface area (Å²) in [5, 5.41) is 19.5. The largest absolute Gasteiger partial charge is 0.487 e. The summed E-state index contributed by atoms with van der Waals surface area (Å²) in [5.41, 5.74) is 1.52. The van der Waals surface area contributed by atoms with Crippen LogP contribution in [0.5, 0.6) is 5.75 Å². The fraction of sp³-hybridized carbons (Fsp3) is 0.476. The lowest BCUT2D eigenvalue weighted by molar-refractivity contribution is -0.216. The van der Waals surface area contributed by atoms with E-state index in [0.29, 0.717) is 23.6 Å². The van der Waals surface area contributed by atoms with E-state index in [9.17, 15) is 9.90 Å². The van der Waals surface area contributed by atoms with E-state index >= 15 is 0 Å². The van der Waals surface area contributed by atoms with Crippen LogP contribution >= 0.6 is 0 Å². The highest BCUT2D eigenvalue weighted by atomic mass is 16.8. The molecule has 10 heteroatoms. The van der Waals surface area contributed by atoms with Gasteiger partial charge in [-0.1, -0.05) is 5.21 Å². The number of rotatable bonds is 5. The summed E-state index contributed by atoms with van der Waals surface area (Å²) in [6, 6.07) is 6.79. The summed E-state index contributed by atoms with van der Waals surface area (Å²) >= 11 is 0. The molecule has 2 aromatic heterocycles. The molecule has 3 aromatic rings. The molecule has 0 saturated carbocycles. The maximum Gasteiger partial charge on any atom is 0.336 e. The number of ether oxygens (including phenoxy) is 4. The van der Waals surface area contributed by atoms with Gasteiger partial charge in [0, 0.05) is 17.5 Å². The van der Waals surface area contributed by atoms with E-state index in [2.05, 4.69) is 10.3 Å². The van der Waals surface area contributed by atoms with E-state index in [4.69, 9.17) is 23.4 Å². The molecule has 2 aliphatic rings. The van der Waals surface area contributed by atoms with Crippen LogP contribution in [0.4, 0.5) is 0 Å². The Morgan fingerprint density at radius 3 is 2.90 bits per heavy atom. The summed E-state index contributed by atoms with van der Waals surface area (Å²) in [6.07, 6.45) is -0.748. The molecule has 0 unspecified atom stereocenters. The number of fused-ring (bicyclic) bond motifs is 2. The topological polar surface area (TPSA) is 118 Å². The Hall–Kier alpha value is -2.79. The molecule has 1 N–H and O–H groups in total. The van der Waals surface area contributed by atoms with Gasteiger partial charge in [-0.25, -0.2) is 9.48 Å². The van der Waals surface area contributed by atoms with Crippen molar-refractivity contribution in [2.24, 2.45) is 0 Å². The van der Waals surface area contributed by atoms with E-state index in [1.165, 1.54) is 6.07 Å². The van der Waals surface area contributed by atoms with E-state index in [1.807, 2.05) is 19.1 Å². The monoisotopic (exact) mass is 429 g/mol. The Bertz CT molecular complexity index is 1170. The normalized spacial score (nSPS) is 27.0. The second-order valence-corrected chi connectivity index (χ2v) is 8.26. The Kier molecular flexibility index (Phi) is 4.82. The molecular formula is C21H23N3O7. The van der Waals surface area contributed by atoms with Crippen molar-refractivity contribution >= 4 is 11.0 Å². The van der Waals surface area contributed by atoms with Crippen LogP contribution in [0.1, 0.15) is 25.1 Å². The van der Waals surface area contributed by atoms with E-state index < -0.39 is 36.0 Å². The van der Waals surface area contributed by atoms with Crippen LogP contribution in [0.15, 0.2) is 39.7 Å². The van der Waals surface area contributed by atoms with Gasteiger partial charge >= 0.3 is 5.63 Å². The number of hydrogen-bond acceptors (Lipinski definition) is 9. The van der Waals surface area contributed by atoms with E-state index in [1.54, 1.807) is 30.8 Å². The van der Waals surface area contributed by atoms with Gasteiger partial charge in [-0.15, -0.1) is 5.10 Å². The van der Waals surface area contributed by atoms with E-state index in [-0.39, 0.29) is 6.61 Å². The molecule has 31 heavy (non-hydrogen) atoms. The second kappa shape index (κ2) is 7.41. The van der Waals surface area contributed by atoms with E-state index in [0.717, 1.165) is 10.9 Å². The lowest BCUT2D eigenvalue weighted by Gasteiger charge is -2.22. The predicted octanol–water partition coefficient (Wildman–Crippen LogP) is 1.51. The number of benzene rings is 1. The van der Waals surface area contributed by atoms with Gasteiger partial charge in [-0.2, -0.15) is 0 Å². The maximum atomic E-state index is 11.6. The number of aliphatic hydroxyl groups is 1. The molecule has 0 aliphatic carbocycles. The fourth-order valence-corrected chi connectivity index (χ4v) is 3.94. The van der Waals surface area contributed by atoms with Gasteiger partial charge in [0.05, 0.1) is 12.7 Å². The van der Waals surface area contributed by atoms with Gasteiger partial charge < -0.3 is 28.5 Å². The van der Waals surface area contributed by atoms with Gasteiger partial charge in [0.2, 0.25) is 0 Å². The van der Waals surface area contributed by atoms with Gasteiger partial charge in [0.25, 0.3) is 0 Å². The second-order valence-electron chi connectivity index (χ2n) is 8.26. The number of hydrogen-bond donors (Lipinski definition) is 1. The zero-order valence-corrected chi connectivity index (χ0v) is 17.3. The first-order valence-corrected chi connectivity index (χ1v) is 10.0. The molecule has 2 saturated heterocycles. The Morgan fingerprint density at radius 2 is 2.10 bits per heavy atom. The molecule has 0 spiro atoms.